The quantitative estimate of drug-likeness (QED) is 0.469. The van der Waals surface area contributed by atoms with Crippen molar-refractivity contribution in [3.63, 3.8) is 0 Å². The molecule has 154 valence electrons. The molecule has 1 N–H and O–H groups in total. The lowest BCUT2D eigenvalue weighted by molar-refractivity contribution is 0.0955. The Morgan fingerprint density at radius 1 is 0.867 bits per heavy atom. The molecule has 1 aliphatic heterocycles. The predicted octanol–water partition coefficient (Wildman–Crippen LogP) is 3.83. The first-order valence-corrected chi connectivity index (χ1v) is 11.1. The minimum absolute atomic E-state index is 0.191. The zero-order valence-corrected chi connectivity index (χ0v) is 17.7. The number of thiophene rings is 1. The molecule has 1 amide bonds. The maximum Gasteiger partial charge on any atom is 0.271 e. The molecule has 0 unspecified atom stereocenters. The second-order valence-corrected chi connectivity index (χ2v) is 8.43. The highest BCUT2D eigenvalue weighted by atomic mass is 32.1. The minimum Gasteiger partial charge on any atom is -0.297 e. The fourth-order valence-electron chi connectivity index (χ4n) is 3.55. The van der Waals surface area contributed by atoms with Crippen LogP contribution >= 0.6 is 11.3 Å². The molecule has 1 fully saturated rings. The van der Waals surface area contributed by atoms with Crippen LogP contribution in [0.3, 0.4) is 0 Å². The van der Waals surface area contributed by atoms with Gasteiger partial charge in [0.15, 0.2) is 0 Å². The Hall–Kier alpha value is -2.80. The van der Waals surface area contributed by atoms with Gasteiger partial charge in [-0.25, -0.2) is 5.43 Å². The molecule has 3 aromatic rings. The van der Waals surface area contributed by atoms with Gasteiger partial charge in [0, 0.05) is 49.7 Å². The molecule has 5 nitrogen and oxygen atoms in total. The monoisotopic (exact) mass is 418 g/mol. The molecule has 0 atom stereocenters. The van der Waals surface area contributed by atoms with Crippen molar-refractivity contribution in [1.29, 1.82) is 0 Å². The smallest absolute Gasteiger partial charge is 0.271 e. The number of nitrogens with zero attached hydrogens (tertiary/aromatic N) is 3. The summed E-state index contributed by atoms with van der Waals surface area (Å²) < 4.78 is 0. The van der Waals surface area contributed by atoms with Crippen LogP contribution in [-0.4, -0.2) is 48.1 Å². The minimum atomic E-state index is -0.191. The summed E-state index contributed by atoms with van der Waals surface area (Å²) >= 11 is 1.58. The van der Waals surface area contributed by atoms with E-state index >= 15 is 0 Å². The van der Waals surface area contributed by atoms with E-state index < -0.39 is 0 Å². The van der Waals surface area contributed by atoms with E-state index in [1.807, 2.05) is 41.8 Å². The third-order valence-corrected chi connectivity index (χ3v) is 6.04. The summed E-state index contributed by atoms with van der Waals surface area (Å²) in [6.07, 6.45) is 1.66. The molecule has 6 heteroatoms. The lowest BCUT2D eigenvalue weighted by Gasteiger charge is -2.34. The van der Waals surface area contributed by atoms with Crippen molar-refractivity contribution in [2.24, 2.45) is 5.10 Å². The van der Waals surface area contributed by atoms with Gasteiger partial charge in [0.05, 0.1) is 6.21 Å². The van der Waals surface area contributed by atoms with Gasteiger partial charge in [0.1, 0.15) is 0 Å². The number of rotatable bonds is 7. The Morgan fingerprint density at radius 3 is 2.10 bits per heavy atom. The fraction of sp³-hybridized carbons (Fsp3) is 0.250. The summed E-state index contributed by atoms with van der Waals surface area (Å²) in [5, 5.41) is 5.99. The topological polar surface area (TPSA) is 47.9 Å². The van der Waals surface area contributed by atoms with E-state index in [0.717, 1.165) is 44.1 Å². The molecule has 0 aliphatic carbocycles. The highest BCUT2D eigenvalue weighted by molar-refractivity contribution is 7.11. The number of carbonyl (C=O) groups is 1. The second-order valence-electron chi connectivity index (χ2n) is 7.45. The first kappa shape index (κ1) is 20.5. The molecule has 1 aliphatic rings. The van der Waals surface area contributed by atoms with Gasteiger partial charge in [-0.2, -0.15) is 5.10 Å². The molecule has 4 rings (SSSR count). The molecular formula is C24H26N4OS. The number of hydrogen-bond donors (Lipinski definition) is 1. The van der Waals surface area contributed by atoms with Crippen LogP contribution in [0, 0.1) is 0 Å². The molecule has 0 bridgehead atoms. The van der Waals surface area contributed by atoms with Crippen molar-refractivity contribution < 1.29 is 4.79 Å². The van der Waals surface area contributed by atoms with Crippen molar-refractivity contribution >= 4 is 23.5 Å². The van der Waals surface area contributed by atoms with E-state index in [2.05, 4.69) is 50.7 Å². The number of hydrazone groups is 1. The first-order chi connectivity index (χ1) is 14.8. The van der Waals surface area contributed by atoms with Crippen LogP contribution in [-0.2, 0) is 13.1 Å². The van der Waals surface area contributed by atoms with Crippen molar-refractivity contribution in [1.82, 2.24) is 15.2 Å². The van der Waals surface area contributed by atoms with E-state index in [1.165, 1.54) is 11.1 Å². The zero-order valence-electron chi connectivity index (χ0n) is 16.9. The molecule has 0 radical (unpaired) electrons. The number of amides is 1. The van der Waals surface area contributed by atoms with Crippen LogP contribution in [0.2, 0.25) is 0 Å². The van der Waals surface area contributed by atoms with Crippen LogP contribution in [0.25, 0.3) is 0 Å². The molecule has 0 saturated carbocycles. The Morgan fingerprint density at radius 2 is 1.50 bits per heavy atom. The van der Waals surface area contributed by atoms with Gasteiger partial charge in [-0.3, -0.25) is 14.6 Å². The van der Waals surface area contributed by atoms with Crippen LogP contribution in [0.5, 0.6) is 0 Å². The summed E-state index contributed by atoms with van der Waals surface area (Å²) in [5.74, 6) is -0.191. The van der Waals surface area contributed by atoms with Crippen molar-refractivity contribution in [3.8, 4) is 0 Å². The van der Waals surface area contributed by atoms with E-state index in [1.54, 1.807) is 17.6 Å². The van der Waals surface area contributed by atoms with E-state index in [0.29, 0.717) is 5.56 Å². The summed E-state index contributed by atoms with van der Waals surface area (Å²) in [7, 11) is 0. The molecule has 1 aromatic heterocycles. The van der Waals surface area contributed by atoms with Gasteiger partial charge in [0.2, 0.25) is 0 Å². The van der Waals surface area contributed by atoms with Gasteiger partial charge in [-0.1, -0.05) is 48.5 Å². The van der Waals surface area contributed by atoms with E-state index in [-0.39, 0.29) is 5.91 Å². The Bertz CT molecular complexity index is 947. The highest BCUT2D eigenvalue weighted by Crippen LogP contribution is 2.12. The summed E-state index contributed by atoms with van der Waals surface area (Å²) in [6, 6.07) is 22.4. The summed E-state index contributed by atoms with van der Waals surface area (Å²) in [4.78, 5) is 18.2. The van der Waals surface area contributed by atoms with Gasteiger partial charge in [-0.05, 0) is 34.7 Å². The molecule has 2 heterocycles. The molecule has 30 heavy (non-hydrogen) atoms. The SMILES string of the molecule is O=C(N/N=C\c1cccs1)c1ccc(CN2CCN(Cc3ccccc3)CC2)cc1. The summed E-state index contributed by atoms with van der Waals surface area (Å²) in [5.41, 5.74) is 5.81. The molecule has 2 aromatic carbocycles. The molecule has 1 saturated heterocycles. The van der Waals surface area contributed by atoms with Crippen LogP contribution in [0.15, 0.2) is 77.2 Å². The van der Waals surface area contributed by atoms with Gasteiger partial charge in [-0.15, -0.1) is 11.3 Å². The first-order valence-electron chi connectivity index (χ1n) is 10.2. The number of carbonyl (C=O) groups excluding carboxylic acids is 1. The second kappa shape index (κ2) is 10.3. The zero-order chi connectivity index (χ0) is 20.6. The normalized spacial score (nSPS) is 15.5. The lowest BCUT2D eigenvalue weighted by Crippen LogP contribution is -2.45. The Kier molecular flexibility index (Phi) is 7.03. The standard InChI is InChI=1S/C24H26N4OS/c29-24(26-25-17-23-7-4-16-30-23)22-10-8-21(9-11-22)19-28-14-12-27(13-15-28)18-20-5-2-1-3-6-20/h1-11,16-17H,12-15,18-19H2,(H,26,29)/b25-17-. The summed E-state index contributed by atoms with van der Waals surface area (Å²) in [6.45, 7) is 6.22. The molecular weight excluding hydrogens is 392 g/mol. The average molecular weight is 419 g/mol. The van der Waals surface area contributed by atoms with Gasteiger partial charge in [0.25, 0.3) is 5.91 Å². The fourth-order valence-corrected chi connectivity index (χ4v) is 4.14. The van der Waals surface area contributed by atoms with Gasteiger partial charge >= 0.3 is 0 Å². The van der Waals surface area contributed by atoms with Crippen LogP contribution in [0.1, 0.15) is 26.4 Å². The van der Waals surface area contributed by atoms with Crippen molar-refractivity contribution in [3.05, 3.63) is 93.7 Å². The maximum absolute atomic E-state index is 12.2. The average Bonchev–Trinajstić information content (AvgIpc) is 3.30. The lowest BCUT2D eigenvalue weighted by atomic mass is 10.1. The largest absolute Gasteiger partial charge is 0.297 e. The van der Waals surface area contributed by atoms with Crippen LogP contribution < -0.4 is 5.43 Å². The van der Waals surface area contributed by atoms with Crippen LogP contribution in [0.4, 0.5) is 0 Å². The third-order valence-electron chi connectivity index (χ3n) is 5.24. The van der Waals surface area contributed by atoms with E-state index in [9.17, 15) is 4.79 Å². The Labute approximate surface area is 181 Å². The van der Waals surface area contributed by atoms with E-state index in [4.69, 9.17) is 0 Å². The third kappa shape index (κ3) is 5.86. The number of nitrogens with one attached hydrogen (secondary N) is 1. The Balaban J connectivity index is 1.22. The molecule has 0 spiro atoms. The number of benzene rings is 2. The van der Waals surface area contributed by atoms with Crippen molar-refractivity contribution in [2.75, 3.05) is 26.2 Å². The highest BCUT2D eigenvalue weighted by Gasteiger charge is 2.17. The van der Waals surface area contributed by atoms with Gasteiger partial charge < -0.3 is 0 Å². The maximum atomic E-state index is 12.2. The number of piperazine rings is 1. The van der Waals surface area contributed by atoms with Crippen molar-refractivity contribution in [2.45, 2.75) is 13.1 Å². The number of hydrogen-bond acceptors (Lipinski definition) is 5. The predicted molar refractivity (Wildman–Crippen MR) is 123 cm³/mol.